The third kappa shape index (κ3) is 3.06. The van der Waals surface area contributed by atoms with E-state index in [1.54, 1.807) is 0 Å². The number of halogens is 9. The molecule has 11 heteroatoms. The van der Waals surface area contributed by atoms with Crippen molar-refractivity contribution in [3.8, 4) is 5.75 Å². The van der Waals surface area contributed by atoms with Crippen LogP contribution in [-0.2, 0) is 0 Å². The van der Waals surface area contributed by atoms with E-state index in [9.17, 15) is 44.6 Å². The molecule has 0 saturated carbocycles. The summed E-state index contributed by atoms with van der Waals surface area (Å²) >= 11 is 0. The molecule has 1 rings (SSSR count). The molecule has 132 valence electrons. The van der Waals surface area contributed by atoms with Gasteiger partial charge < -0.3 is 9.84 Å². The van der Waals surface area contributed by atoms with Gasteiger partial charge in [0.1, 0.15) is 11.9 Å². The number of aliphatic hydroxyl groups excluding tert-OH is 1. The quantitative estimate of drug-likeness (QED) is 0.814. The van der Waals surface area contributed by atoms with Crippen LogP contribution in [0.2, 0.25) is 0 Å². The van der Waals surface area contributed by atoms with E-state index in [2.05, 4.69) is 4.74 Å². The van der Waals surface area contributed by atoms with E-state index in [0.717, 1.165) is 19.2 Å². The number of methoxy groups -OCH3 is 1. The van der Waals surface area contributed by atoms with E-state index < -0.39 is 35.6 Å². The second-order valence-corrected chi connectivity index (χ2v) is 4.48. The summed E-state index contributed by atoms with van der Waals surface area (Å²) in [5.74, 6) is -0.0300. The van der Waals surface area contributed by atoms with Crippen molar-refractivity contribution in [1.29, 1.82) is 0 Å². The number of hydrogen-bond acceptors (Lipinski definition) is 2. The number of benzene rings is 1. The molecule has 0 aliphatic rings. The van der Waals surface area contributed by atoms with Crippen molar-refractivity contribution >= 4 is 0 Å². The summed E-state index contributed by atoms with van der Waals surface area (Å²) < 4.78 is 120. The molecule has 0 amide bonds. The summed E-state index contributed by atoms with van der Waals surface area (Å²) in [5.41, 5.74) is -7.53. The van der Waals surface area contributed by atoms with Crippen LogP contribution in [0.4, 0.5) is 39.5 Å². The zero-order chi connectivity index (χ0) is 18.3. The van der Waals surface area contributed by atoms with Gasteiger partial charge in [0.05, 0.1) is 7.11 Å². The molecule has 0 bridgehead atoms. The second-order valence-electron chi connectivity index (χ2n) is 4.48. The highest BCUT2D eigenvalue weighted by atomic mass is 19.4. The summed E-state index contributed by atoms with van der Waals surface area (Å²) in [6.07, 6.45) is -24.4. The molecule has 0 fully saturated rings. The smallest absolute Gasteiger partial charge is 0.415 e. The molecule has 2 nitrogen and oxygen atoms in total. The molecule has 1 unspecified atom stereocenters. The van der Waals surface area contributed by atoms with Gasteiger partial charge in [-0.2, -0.15) is 39.5 Å². The van der Waals surface area contributed by atoms with E-state index in [-0.39, 0.29) is 5.75 Å². The average Bonchev–Trinajstić information content (AvgIpc) is 2.34. The van der Waals surface area contributed by atoms with Gasteiger partial charge in [-0.1, -0.05) is 12.1 Å². The van der Waals surface area contributed by atoms with Crippen LogP contribution in [-0.4, -0.2) is 30.7 Å². The van der Waals surface area contributed by atoms with Gasteiger partial charge in [-0.25, -0.2) is 0 Å². The first-order valence-electron chi connectivity index (χ1n) is 5.72. The lowest BCUT2D eigenvalue weighted by Gasteiger charge is -2.41. The minimum absolute atomic E-state index is 0.0300. The molecule has 1 N–H and O–H groups in total. The minimum Gasteiger partial charge on any atom is -0.497 e. The lowest BCUT2D eigenvalue weighted by Crippen LogP contribution is -2.62. The van der Waals surface area contributed by atoms with Gasteiger partial charge >= 0.3 is 18.5 Å². The molecule has 0 radical (unpaired) electrons. The molecule has 0 aliphatic carbocycles. The zero-order valence-corrected chi connectivity index (χ0v) is 11.1. The van der Waals surface area contributed by atoms with Gasteiger partial charge in [0, 0.05) is 0 Å². The van der Waals surface area contributed by atoms with Crippen molar-refractivity contribution in [3.63, 3.8) is 0 Å². The Morgan fingerprint density at radius 2 is 1.13 bits per heavy atom. The van der Waals surface area contributed by atoms with Crippen molar-refractivity contribution in [3.05, 3.63) is 29.8 Å². The number of hydrogen-bond donors (Lipinski definition) is 1. The fourth-order valence-corrected chi connectivity index (χ4v) is 1.98. The highest BCUT2D eigenvalue weighted by molar-refractivity contribution is 5.30. The van der Waals surface area contributed by atoms with Crippen LogP contribution in [0.15, 0.2) is 24.3 Å². The topological polar surface area (TPSA) is 29.5 Å². The summed E-state index contributed by atoms with van der Waals surface area (Å²) in [5, 5.41) is 9.40. The molecular weight excluding hydrogens is 347 g/mol. The number of rotatable bonds is 3. The number of ether oxygens (including phenoxy) is 1. The van der Waals surface area contributed by atoms with Crippen molar-refractivity contribution in [1.82, 2.24) is 0 Å². The van der Waals surface area contributed by atoms with Crippen LogP contribution in [0.25, 0.3) is 0 Å². The maximum atomic E-state index is 12.8. The SMILES string of the molecule is COc1ccc(C(O)C(C(F)(F)F)(C(F)(F)F)C(F)(F)F)cc1. The van der Waals surface area contributed by atoms with Gasteiger partial charge in [-0.3, -0.25) is 0 Å². The maximum Gasteiger partial charge on any atom is 0.415 e. The normalized spacial score (nSPS) is 15.4. The summed E-state index contributed by atoms with van der Waals surface area (Å²) in [6, 6.07) is 2.63. The molecule has 0 aromatic heterocycles. The van der Waals surface area contributed by atoms with Crippen molar-refractivity contribution in [2.75, 3.05) is 7.11 Å². The Morgan fingerprint density at radius 3 is 1.39 bits per heavy atom. The molecule has 0 aliphatic heterocycles. The average molecular weight is 356 g/mol. The largest absolute Gasteiger partial charge is 0.497 e. The molecule has 1 aromatic rings. The maximum absolute atomic E-state index is 12.8. The first-order chi connectivity index (χ1) is 10.2. The third-order valence-electron chi connectivity index (χ3n) is 3.18. The molecule has 0 spiro atoms. The molecule has 1 aromatic carbocycles. The Kier molecular flexibility index (Phi) is 4.86. The van der Waals surface area contributed by atoms with E-state index >= 15 is 0 Å². The Bertz CT molecular complexity index is 491. The van der Waals surface area contributed by atoms with Crippen molar-refractivity contribution < 1.29 is 49.4 Å². The van der Waals surface area contributed by atoms with Crippen molar-refractivity contribution in [2.24, 2.45) is 5.41 Å². The van der Waals surface area contributed by atoms with E-state index in [0.29, 0.717) is 12.1 Å². The van der Waals surface area contributed by atoms with Gasteiger partial charge in [0.15, 0.2) is 0 Å². The Balaban J connectivity index is 3.62. The van der Waals surface area contributed by atoms with Crippen LogP contribution < -0.4 is 4.74 Å². The molecule has 0 saturated heterocycles. The standard InChI is InChI=1S/C12H9F9O2/c1-23-7-4-2-6(3-5-7)8(22)9(10(13,14)15,11(16,17)18)12(19,20)21/h2-5,8,22H,1H3. The first kappa shape index (κ1) is 19.4. The fraction of sp³-hybridized carbons (Fsp3) is 0.500. The van der Waals surface area contributed by atoms with Gasteiger partial charge in [-0.05, 0) is 17.7 Å². The molecule has 0 heterocycles. The molecular formula is C12H9F9O2. The van der Waals surface area contributed by atoms with Crippen LogP contribution in [0, 0.1) is 5.41 Å². The highest BCUT2D eigenvalue weighted by Gasteiger charge is 2.86. The predicted molar refractivity (Wildman–Crippen MR) is 58.6 cm³/mol. The Labute approximate surface area is 123 Å². The number of aliphatic hydroxyl groups is 1. The van der Waals surface area contributed by atoms with Crippen LogP contribution >= 0.6 is 0 Å². The van der Waals surface area contributed by atoms with Crippen LogP contribution in [0.3, 0.4) is 0 Å². The molecule has 1 atom stereocenters. The van der Waals surface area contributed by atoms with E-state index in [1.807, 2.05) is 0 Å². The monoisotopic (exact) mass is 356 g/mol. The second kappa shape index (κ2) is 5.77. The number of alkyl halides is 9. The highest BCUT2D eigenvalue weighted by Crippen LogP contribution is 2.64. The summed E-state index contributed by atoms with van der Waals surface area (Å²) in [4.78, 5) is 0. The fourth-order valence-electron chi connectivity index (χ4n) is 1.98. The predicted octanol–water partition coefficient (Wildman–Crippen LogP) is 4.40. The van der Waals surface area contributed by atoms with Gasteiger partial charge in [0.2, 0.25) is 0 Å². The van der Waals surface area contributed by atoms with Gasteiger partial charge in [-0.15, -0.1) is 0 Å². The van der Waals surface area contributed by atoms with E-state index in [1.165, 1.54) is 0 Å². The minimum atomic E-state index is -6.83. The Hall–Kier alpha value is -1.65. The Morgan fingerprint density at radius 1 is 0.783 bits per heavy atom. The van der Waals surface area contributed by atoms with Crippen molar-refractivity contribution in [2.45, 2.75) is 24.6 Å². The first-order valence-corrected chi connectivity index (χ1v) is 5.72. The molecule has 23 heavy (non-hydrogen) atoms. The van der Waals surface area contributed by atoms with Crippen LogP contribution in [0.5, 0.6) is 5.75 Å². The zero-order valence-electron chi connectivity index (χ0n) is 11.1. The summed E-state index contributed by atoms with van der Waals surface area (Å²) in [6.45, 7) is 0. The van der Waals surface area contributed by atoms with E-state index in [4.69, 9.17) is 0 Å². The lowest BCUT2D eigenvalue weighted by atomic mass is 9.76. The lowest BCUT2D eigenvalue weighted by molar-refractivity contribution is -0.449. The third-order valence-corrected chi connectivity index (χ3v) is 3.18. The van der Waals surface area contributed by atoms with Crippen LogP contribution in [0.1, 0.15) is 11.7 Å². The summed E-state index contributed by atoms with van der Waals surface area (Å²) in [7, 11) is 1.12. The van der Waals surface area contributed by atoms with Gasteiger partial charge in [0.25, 0.3) is 5.41 Å².